The number of likely N-dealkylation sites (N-methyl/N-ethyl adjacent to an activating group) is 2. The van der Waals surface area contributed by atoms with Crippen LogP contribution in [0.5, 0.6) is 0 Å². The number of nitriles is 1. The normalized spacial score (nSPS) is 10.7. The summed E-state index contributed by atoms with van der Waals surface area (Å²) >= 11 is 0. The number of aryl methyl sites for hydroxylation is 1. The van der Waals surface area contributed by atoms with Crippen molar-refractivity contribution in [2.24, 2.45) is 0 Å². The van der Waals surface area contributed by atoms with Crippen LogP contribution >= 0.6 is 0 Å². The number of hydrogen-bond acceptors (Lipinski definition) is 7. The molecule has 0 radical (unpaired) electrons. The van der Waals surface area contributed by atoms with Crippen molar-refractivity contribution in [1.82, 2.24) is 20.4 Å². The molecule has 0 aliphatic rings. The molecule has 8 heteroatoms. The number of benzene rings is 2. The Morgan fingerprint density at radius 2 is 1.88 bits per heavy atom. The Hall–Kier alpha value is -3.96. The van der Waals surface area contributed by atoms with Crippen molar-refractivity contribution in [3.63, 3.8) is 0 Å². The maximum absolute atomic E-state index is 12.7. The molecule has 0 bridgehead atoms. The number of nitrogens with one attached hydrogen (secondary N) is 1. The minimum atomic E-state index is -0.276. The first-order valence-corrected chi connectivity index (χ1v) is 11.1. The van der Waals surface area contributed by atoms with Gasteiger partial charge >= 0.3 is 6.01 Å². The number of aromatic nitrogens is 2. The summed E-state index contributed by atoms with van der Waals surface area (Å²) < 4.78 is 5.47. The van der Waals surface area contributed by atoms with E-state index in [-0.39, 0.29) is 5.91 Å². The van der Waals surface area contributed by atoms with Crippen molar-refractivity contribution in [3.05, 3.63) is 82.8 Å². The van der Waals surface area contributed by atoms with Crippen LogP contribution in [0.2, 0.25) is 0 Å². The number of rotatable bonds is 10. The molecule has 0 saturated carbocycles. The van der Waals surface area contributed by atoms with E-state index in [9.17, 15) is 10.1 Å². The molecule has 0 fully saturated rings. The molecule has 0 spiro atoms. The fourth-order valence-corrected chi connectivity index (χ4v) is 3.53. The Bertz CT molecular complexity index is 1190. The highest BCUT2D eigenvalue weighted by molar-refractivity contribution is 6.00. The second-order valence-corrected chi connectivity index (χ2v) is 8.11. The molecule has 3 aromatic rings. The van der Waals surface area contributed by atoms with Gasteiger partial charge in [-0.05, 0) is 42.3 Å². The van der Waals surface area contributed by atoms with Crippen LogP contribution in [-0.2, 0) is 6.54 Å². The van der Waals surface area contributed by atoms with Crippen LogP contribution in [-0.4, -0.2) is 47.7 Å². The Kier molecular flexibility index (Phi) is 8.17. The number of amides is 1. The maximum Gasteiger partial charge on any atom is 0.317 e. The van der Waals surface area contributed by atoms with Gasteiger partial charge in [-0.15, -0.1) is 5.10 Å². The predicted octanol–water partition coefficient (Wildman–Crippen LogP) is 3.92. The minimum absolute atomic E-state index is 0.276. The molecule has 2 aromatic carbocycles. The quantitative estimate of drug-likeness (QED) is 0.492. The number of hydrogen-bond donors (Lipinski definition) is 1. The Morgan fingerprint density at radius 3 is 2.50 bits per heavy atom. The summed E-state index contributed by atoms with van der Waals surface area (Å²) in [6.07, 6.45) is 0. The minimum Gasteiger partial charge on any atom is -0.408 e. The Morgan fingerprint density at radius 1 is 1.15 bits per heavy atom. The molecule has 0 unspecified atom stereocenters. The first kappa shape index (κ1) is 24.7. The van der Waals surface area contributed by atoms with Crippen molar-refractivity contribution in [2.45, 2.75) is 27.3 Å². The van der Waals surface area contributed by atoms with E-state index in [4.69, 9.17) is 4.42 Å². The van der Waals surface area contributed by atoms with Crippen molar-refractivity contribution in [2.75, 3.05) is 31.6 Å². The lowest BCUT2D eigenvalue weighted by Gasteiger charge is -2.23. The van der Waals surface area contributed by atoms with Gasteiger partial charge in [0.05, 0.1) is 11.6 Å². The van der Waals surface area contributed by atoms with Gasteiger partial charge in [0.15, 0.2) is 0 Å². The van der Waals surface area contributed by atoms with Crippen LogP contribution in [0.4, 0.5) is 6.01 Å². The molecule has 0 atom stereocenters. The van der Waals surface area contributed by atoms with Gasteiger partial charge in [0.2, 0.25) is 5.89 Å². The standard InChI is InChI=1S/C26H30N6O2/c1-6-32(15-14-31(5)26-30-29-20(4)34-26)17-21-10-12-22(13-11-21)19(3)28-25(33)24-9-7-8-23(16-27)18(24)2/h7-13H,3,6,14-15,17H2,1-2,4-5H3,(H,28,33). The predicted molar refractivity (Wildman–Crippen MR) is 132 cm³/mol. The fourth-order valence-electron chi connectivity index (χ4n) is 3.53. The van der Waals surface area contributed by atoms with E-state index in [0.29, 0.717) is 34.3 Å². The van der Waals surface area contributed by atoms with Gasteiger partial charge in [0.25, 0.3) is 5.91 Å². The maximum atomic E-state index is 12.7. The summed E-state index contributed by atoms with van der Waals surface area (Å²) in [7, 11) is 1.94. The van der Waals surface area contributed by atoms with Gasteiger partial charge in [-0.1, -0.05) is 48.9 Å². The zero-order chi connectivity index (χ0) is 24.7. The van der Waals surface area contributed by atoms with E-state index in [1.54, 1.807) is 32.0 Å². The second-order valence-electron chi connectivity index (χ2n) is 8.11. The molecule has 34 heavy (non-hydrogen) atoms. The summed E-state index contributed by atoms with van der Waals surface area (Å²) in [6.45, 7) is 13.0. The van der Waals surface area contributed by atoms with E-state index in [0.717, 1.165) is 31.7 Å². The Balaban J connectivity index is 1.56. The van der Waals surface area contributed by atoms with E-state index >= 15 is 0 Å². The first-order chi connectivity index (χ1) is 16.3. The topological polar surface area (TPSA) is 98.3 Å². The molecule has 0 aliphatic carbocycles. The number of carbonyl (C=O) groups excluding carboxylic acids is 1. The van der Waals surface area contributed by atoms with Gasteiger partial charge in [0.1, 0.15) is 0 Å². The number of nitrogens with zero attached hydrogens (tertiary/aromatic N) is 5. The third-order valence-corrected chi connectivity index (χ3v) is 5.71. The largest absolute Gasteiger partial charge is 0.408 e. The average Bonchev–Trinajstić information content (AvgIpc) is 3.28. The number of anilines is 1. The van der Waals surface area contributed by atoms with Gasteiger partial charge in [-0.25, -0.2) is 0 Å². The van der Waals surface area contributed by atoms with Crippen LogP contribution in [0.15, 0.2) is 53.5 Å². The van der Waals surface area contributed by atoms with Gasteiger partial charge in [-0.2, -0.15) is 5.26 Å². The zero-order valence-electron chi connectivity index (χ0n) is 20.1. The molecular formula is C26H30N6O2. The molecule has 176 valence electrons. The molecule has 8 nitrogen and oxygen atoms in total. The highest BCUT2D eigenvalue weighted by Gasteiger charge is 2.14. The van der Waals surface area contributed by atoms with Gasteiger partial charge in [-0.3, -0.25) is 9.69 Å². The smallest absolute Gasteiger partial charge is 0.317 e. The van der Waals surface area contributed by atoms with Crippen molar-refractivity contribution in [3.8, 4) is 6.07 Å². The molecule has 1 heterocycles. The van der Waals surface area contributed by atoms with E-state index in [1.165, 1.54) is 5.56 Å². The summed E-state index contributed by atoms with van der Waals surface area (Å²) in [5, 5.41) is 20.0. The van der Waals surface area contributed by atoms with Crippen LogP contribution < -0.4 is 10.2 Å². The van der Waals surface area contributed by atoms with Crippen LogP contribution in [0.1, 0.15) is 45.4 Å². The average molecular weight is 459 g/mol. The van der Waals surface area contributed by atoms with E-state index in [2.05, 4.69) is 40.0 Å². The highest BCUT2D eigenvalue weighted by Crippen LogP contribution is 2.17. The van der Waals surface area contributed by atoms with Crippen LogP contribution in [0.25, 0.3) is 5.70 Å². The van der Waals surface area contributed by atoms with Crippen molar-refractivity contribution in [1.29, 1.82) is 5.26 Å². The number of carbonyl (C=O) groups is 1. The van der Waals surface area contributed by atoms with E-state index in [1.807, 2.05) is 36.2 Å². The first-order valence-electron chi connectivity index (χ1n) is 11.1. The van der Waals surface area contributed by atoms with Crippen LogP contribution in [0.3, 0.4) is 0 Å². The lowest BCUT2D eigenvalue weighted by molar-refractivity contribution is 0.0973. The summed E-state index contributed by atoms with van der Waals surface area (Å²) in [5.74, 6) is 0.277. The lowest BCUT2D eigenvalue weighted by Crippen LogP contribution is -2.33. The summed E-state index contributed by atoms with van der Waals surface area (Å²) in [5.41, 5.74) is 4.13. The molecule has 1 amide bonds. The third kappa shape index (κ3) is 6.09. The van der Waals surface area contributed by atoms with Crippen LogP contribution in [0, 0.1) is 25.2 Å². The Labute approximate surface area is 200 Å². The fraction of sp³-hybridized carbons (Fsp3) is 0.308. The summed E-state index contributed by atoms with van der Waals surface area (Å²) in [6, 6.07) is 15.7. The molecule has 3 rings (SSSR count). The molecular weight excluding hydrogens is 428 g/mol. The SMILES string of the molecule is C=C(NC(=O)c1cccc(C#N)c1C)c1ccc(CN(CC)CCN(C)c2nnc(C)o2)cc1. The van der Waals surface area contributed by atoms with Crippen molar-refractivity contribution < 1.29 is 9.21 Å². The highest BCUT2D eigenvalue weighted by atomic mass is 16.4. The van der Waals surface area contributed by atoms with Crippen molar-refractivity contribution >= 4 is 17.6 Å². The second kappa shape index (κ2) is 11.3. The van der Waals surface area contributed by atoms with Gasteiger partial charge < -0.3 is 14.6 Å². The zero-order valence-corrected chi connectivity index (χ0v) is 20.1. The molecule has 1 aromatic heterocycles. The molecule has 0 aliphatic heterocycles. The van der Waals surface area contributed by atoms with Gasteiger partial charge in [0, 0.05) is 44.9 Å². The van der Waals surface area contributed by atoms with E-state index < -0.39 is 0 Å². The molecule has 0 saturated heterocycles. The summed E-state index contributed by atoms with van der Waals surface area (Å²) in [4.78, 5) is 17.0. The molecule has 1 N–H and O–H groups in total. The third-order valence-electron chi connectivity index (χ3n) is 5.71. The lowest BCUT2D eigenvalue weighted by atomic mass is 10.0. The monoisotopic (exact) mass is 458 g/mol.